The number of hydrogen-bond donors (Lipinski definition) is 3. The molecular formula is C31H40N4O3. The highest BCUT2D eigenvalue weighted by molar-refractivity contribution is 6.06. The molecule has 3 unspecified atom stereocenters. The minimum atomic E-state index is -0.409. The second-order valence-electron chi connectivity index (χ2n) is 11.4. The molecule has 3 atom stereocenters. The molecule has 2 aromatic carbocycles. The quantitative estimate of drug-likeness (QED) is 0.479. The van der Waals surface area contributed by atoms with Gasteiger partial charge in [0.2, 0.25) is 11.8 Å². The largest absolute Gasteiger partial charge is 0.348 e. The number of amides is 3. The molecule has 2 saturated carbocycles. The molecule has 3 amide bonds. The van der Waals surface area contributed by atoms with Crippen molar-refractivity contribution >= 4 is 29.1 Å². The number of carbonyl (C=O) groups is 3. The van der Waals surface area contributed by atoms with Gasteiger partial charge in [-0.25, -0.2) is 0 Å². The molecule has 38 heavy (non-hydrogen) atoms. The van der Waals surface area contributed by atoms with Crippen molar-refractivity contribution in [1.82, 2.24) is 5.32 Å². The first-order valence-electron chi connectivity index (χ1n) is 14.3. The summed E-state index contributed by atoms with van der Waals surface area (Å²) < 4.78 is 0. The maximum absolute atomic E-state index is 13.8. The molecule has 0 bridgehead atoms. The highest BCUT2D eigenvalue weighted by Gasteiger charge is 2.34. The van der Waals surface area contributed by atoms with E-state index in [1.807, 2.05) is 37.3 Å². The molecule has 202 valence electrons. The van der Waals surface area contributed by atoms with Gasteiger partial charge in [-0.2, -0.15) is 0 Å². The number of rotatable bonds is 6. The second-order valence-corrected chi connectivity index (χ2v) is 11.4. The Morgan fingerprint density at radius 3 is 2.45 bits per heavy atom. The standard InChI is InChI=1S/C31H40N4O3/c1-20-10-13-22(14-11-20)28-19-29(36)33-26-18-23(31(38)34-25-9-5-4-8-24(25)32)15-16-27(26)35(28)30(37)17-12-21-6-2-3-7-21/h10-11,13-16,18,21,24-25,28H,2-9,12,17,19,32H2,1H3,(H,33,36)(H,34,38). The summed E-state index contributed by atoms with van der Waals surface area (Å²) in [6.45, 7) is 2.02. The van der Waals surface area contributed by atoms with Gasteiger partial charge in [-0.3, -0.25) is 14.4 Å². The molecule has 0 saturated heterocycles. The monoisotopic (exact) mass is 516 g/mol. The Balaban J connectivity index is 1.45. The normalized spacial score (nSPS) is 23.9. The average Bonchev–Trinajstić information content (AvgIpc) is 3.38. The van der Waals surface area contributed by atoms with Crippen LogP contribution in [0.5, 0.6) is 0 Å². The minimum absolute atomic E-state index is 0.0191. The lowest BCUT2D eigenvalue weighted by atomic mass is 9.91. The number of benzene rings is 2. The molecule has 0 aromatic heterocycles. The summed E-state index contributed by atoms with van der Waals surface area (Å²) >= 11 is 0. The maximum atomic E-state index is 13.8. The highest BCUT2D eigenvalue weighted by Crippen LogP contribution is 2.40. The van der Waals surface area contributed by atoms with Crippen LogP contribution in [0.15, 0.2) is 42.5 Å². The number of carbonyl (C=O) groups excluding carboxylic acids is 3. The third-order valence-corrected chi connectivity index (χ3v) is 8.59. The number of hydrogen-bond acceptors (Lipinski definition) is 4. The number of nitrogens with zero attached hydrogens (tertiary/aromatic N) is 1. The lowest BCUT2D eigenvalue weighted by Gasteiger charge is -2.32. The first-order chi connectivity index (χ1) is 18.4. The van der Waals surface area contributed by atoms with Crippen molar-refractivity contribution in [3.05, 3.63) is 59.2 Å². The van der Waals surface area contributed by atoms with Gasteiger partial charge < -0.3 is 21.3 Å². The van der Waals surface area contributed by atoms with Gasteiger partial charge in [-0.1, -0.05) is 68.4 Å². The molecule has 5 rings (SSSR count). The predicted octanol–water partition coefficient (Wildman–Crippen LogP) is 5.38. The maximum Gasteiger partial charge on any atom is 0.251 e. The Morgan fingerprint density at radius 1 is 1.00 bits per heavy atom. The lowest BCUT2D eigenvalue weighted by molar-refractivity contribution is -0.119. The van der Waals surface area contributed by atoms with E-state index in [0.717, 1.165) is 43.2 Å². The van der Waals surface area contributed by atoms with Crippen molar-refractivity contribution in [2.45, 2.75) is 95.7 Å². The fraction of sp³-hybridized carbons (Fsp3) is 0.516. The van der Waals surface area contributed by atoms with E-state index in [4.69, 9.17) is 5.73 Å². The van der Waals surface area contributed by atoms with Gasteiger partial charge in [-0.05, 0) is 55.9 Å². The van der Waals surface area contributed by atoms with Crippen LogP contribution < -0.4 is 21.3 Å². The number of anilines is 2. The molecule has 0 radical (unpaired) electrons. The van der Waals surface area contributed by atoms with Crippen LogP contribution in [0.3, 0.4) is 0 Å². The fourth-order valence-electron chi connectivity index (χ4n) is 6.32. The third-order valence-electron chi connectivity index (χ3n) is 8.59. The van der Waals surface area contributed by atoms with E-state index in [1.54, 1.807) is 17.0 Å². The highest BCUT2D eigenvalue weighted by atomic mass is 16.2. The van der Waals surface area contributed by atoms with Crippen LogP contribution in [-0.4, -0.2) is 29.8 Å². The first-order valence-corrected chi connectivity index (χ1v) is 14.3. The van der Waals surface area contributed by atoms with Gasteiger partial charge in [-0.15, -0.1) is 0 Å². The molecule has 2 aromatic rings. The van der Waals surface area contributed by atoms with Crippen molar-refractivity contribution in [3.8, 4) is 0 Å². The van der Waals surface area contributed by atoms with E-state index in [0.29, 0.717) is 29.3 Å². The molecule has 0 spiro atoms. The molecule has 1 heterocycles. The third kappa shape index (κ3) is 5.93. The van der Waals surface area contributed by atoms with Gasteiger partial charge in [0.15, 0.2) is 0 Å². The summed E-state index contributed by atoms with van der Waals surface area (Å²) in [5.74, 6) is 0.239. The summed E-state index contributed by atoms with van der Waals surface area (Å²) in [5, 5.41) is 6.07. The van der Waals surface area contributed by atoms with Crippen LogP contribution >= 0.6 is 0 Å². The van der Waals surface area contributed by atoms with Crippen LogP contribution in [0.1, 0.15) is 98.2 Å². The van der Waals surface area contributed by atoms with E-state index in [-0.39, 0.29) is 36.2 Å². The van der Waals surface area contributed by atoms with E-state index in [9.17, 15) is 14.4 Å². The Kier molecular flexibility index (Phi) is 8.12. The van der Waals surface area contributed by atoms with Crippen LogP contribution in [0.25, 0.3) is 0 Å². The molecule has 7 heteroatoms. The van der Waals surface area contributed by atoms with Crippen molar-refractivity contribution < 1.29 is 14.4 Å². The van der Waals surface area contributed by atoms with Gasteiger partial charge in [0, 0.05) is 24.1 Å². The van der Waals surface area contributed by atoms with Crippen molar-refractivity contribution in [3.63, 3.8) is 0 Å². The zero-order valence-corrected chi connectivity index (χ0v) is 22.4. The molecule has 3 aliphatic rings. The fourth-order valence-corrected chi connectivity index (χ4v) is 6.32. The van der Waals surface area contributed by atoms with Gasteiger partial charge in [0.1, 0.15) is 0 Å². The zero-order chi connectivity index (χ0) is 26.6. The SMILES string of the molecule is Cc1ccc(C2CC(=O)Nc3cc(C(=O)NC4CCCCC4N)ccc3N2C(=O)CCC2CCCC2)cc1. The van der Waals surface area contributed by atoms with Gasteiger partial charge in [0.25, 0.3) is 5.91 Å². The van der Waals surface area contributed by atoms with Gasteiger partial charge in [0.05, 0.1) is 23.8 Å². The minimum Gasteiger partial charge on any atom is -0.348 e. The molecule has 2 aliphatic carbocycles. The van der Waals surface area contributed by atoms with Crippen molar-refractivity contribution in [2.24, 2.45) is 11.7 Å². The van der Waals surface area contributed by atoms with E-state index >= 15 is 0 Å². The number of nitrogens with one attached hydrogen (secondary N) is 2. The molecule has 1 aliphatic heterocycles. The van der Waals surface area contributed by atoms with Crippen LogP contribution in [-0.2, 0) is 9.59 Å². The summed E-state index contributed by atoms with van der Waals surface area (Å²) in [4.78, 5) is 41.9. The topological polar surface area (TPSA) is 105 Å². The van der Waals surface area contributed by atoms with Crippen LogP contribution in [0.4, 0.5) is 11.4 Å². The Hall–Kier alpha value is -3.19. The van der Waals surface area contributed by atoms with Crippen LogP contribution in [0.2, 0.25) is 0 Å². The van der Waals surface area contributed by atoms with E-state index in [1.165, 1.54) is 25.7 Å². The van der Waals surface area contributed by atoms with Crippen LogP contribution in [0, 0.1) is 12.8 Å². The summed E-state index contributed by atoms with van der Waals surface area (Å²) in [7, 11) is 0. The molecule has 2 fully saturated rings. The Labute approximate surface area is 225 Å². The smallest absolute Gasteiger partial charge is 0.251 e. The predicted molar refractivity (Wildman–Crippen MR) is 150 cm³/mol. The van der Waals surface area contributed by atoms with Gasteiger partial charge >= 0.3 is 0 Å². The summed E-state index contributed by atoms with van der Waals surface area (Å²) in [6, 6.07) is 12.8. The Bertz CT molecular complexity index is 1170. The second kappa shape index (κ2) is 11.7. The molecular weight excluding hydrogens is 476 g/mol. The van der Waals surface area contributed by atoms with E-state index < -0.39 is 6.04 Å². The lowest BCUT2D eigenvalue weighted by Crippen LogP contribution is -2.49. The van der Waals surface area contributed by atoms with E-state index in [2.05, 4.69) is 10.6 Å². The van der Waals surface area contributed by atoms with Crippen molar-refractivity contribution in [2.75, 3.05) is 10.2 Å². The zero-order valence-electron chi connectivity index (χ0n) is 22.4. The number of nitrogens with two attached hydrogens (primary N) is 1. The summed E-state index contributed by atoms with van der Waals surface area (Å²) in [5.41, 5.74) is 9.89. The first kappa shape index (κ1) is 26.4. The number of fused-ring (bicyclic) bond motifs is 1. The number of aryl methyl sites for hydroxylation is 1. The molecule has 7 nitrogen and oxygen atoms in total. The summed E-state index contributed by atoms with van der Waals surface area (Å²) in [6.07, 6.45) is 10.3. The van der Waals surface area contributed by atoms with Crippen molar-refractivity contribution in [1.29, 1.82) is 0 Å². The molecule has 4 N–H and O–H groups in total. The average molecular weight is 517 g/mol. The Morgan fingerprint density at radius 2 is 1.71 bits per heavy atom.